The van der Waals surface area contributed by atoms with E-state index in [1.54, 1.807) is 28.2 Å². The van der Waals surface area contributed by atoms with Crippen LogP contribution >= 0.6 is 0 Å². The highest BCUT2D eigenvalue weighted by atomic mass is 16.3. The first-order valence-corrected chi connectivity index (χ1v) is 16.9. The maximum atomic E-state index is 13.8. The number of hydrogen-bond donors (Lipinski definition) is 3. The molecule has 0 bridgehead atoms. The highest BCUT2D eigenvalue weighted by Crippen LogP contribution is 2.48. The summed E-state index contributed by atoms with van der Waals surface area (Å²) in [6.07, 6.45) is 13.0. The Labute approximate surface area is 280 Å². The molecule has 0 radical (unpaired) electrons. The maximum absolute atomic E-state index is 13.8. The van der Waals surface area contributed by atoms with E-state index in [0.29, 0.717) is 48.6 Å². The van der Waals surface area contributed by atoms with Crippen LogP contribution in [0.2, 0.25) is 0 Å². The summed E-state index contributed by atoms with van der Waals surface area (Å²) in [4.78, 5) is 31.7. The summed E-state index contributed by atoms with van der Waals surface area (Å²) in [5.41, 5.74) is 2.61. The number of nitrogens with zero attached hydrogens (tertiary/aromatic N) is 8. The number of aryl methyl sites for hydroxylation is 1. The highest BCUT2D eigenvalue weighted by Gasteiger charge is 2.53. The van der Waals surface area contributed by atoms with Crippen LogP contribution in [-0.4, -0.2) is 66.1 Å². The van der Waals surface area contributed by atoms with Gasteiger partial charge in [-0.2, -0.15) is 15.3 Å². The minimum Gasteiger partial charge on any atom is -0.387 e. The predicted octanol–water partition coefficient (Wildman–Crippen LogP) is 5.02. The Morgan fingerprint density at radius 1 is 1.04 bits per heavy atom. The van der Waals surface area contributed by atoms with Crippen LogP contribution in [0.1, 0.15) is 63.0 Å². The van der Waals surface area contributed by atoms with Gasteiger partial charge in [0.1, 0.15) is 17.5 Å². The first kappa shape index (κ1) is 31.6. The molecule has 3 N–H and O–H groups in total. The zero-order valence-electron chi connectivity index (χ0n) is 27.5. The van der Waals surface area contributed by atoms with Crippen LogP contribution in [0.5, 0.6) is 0 Å². The molecule has 0 unspecified atom stereocenters. The van der Waals surface area contributed by atoms with Gasteiger partial charge in [-0.25, -0.2) is 14.8 Å². The van der Waals surface area contributed by atoms with E-state index in [-0.39, 0.29) is 24.2 Å². The SMILES string of the molecule is C[C@@H]1N(c2nc(NC3CCC(N(C(=O)NCc4ccccc4)c4ccc(-c5cnn(C)c5)cn4)CC3)ncc2C#N)CC[C@@]1(O)C1CC1. The van der Waals surface area contributed by atoms with Crippen molar-refractivity contribution in [1.82, 2.24) is 30.0 Å². The fourth-order valence-corrected chi connectivity index (χ4v) is 7.38. The summed E-state index contributed by atoms with van der Waals surface area (Å²) in [5.74, 6) is 1.99. The van der Waals surface area contributed by atoms with Crippen molar-refractivity contribution in [3.8, 4) is 17.2 Å². The lowest BCUT2D eigenvalue weighted by atomic mass is 9.90. The molecule has 2 aliphatic carbocycles. The number of carbonyl (C=O) groups excluding carboxylic acids is 1. The number of pyridine rings is 1. The van der Waals surface area contributed by atoms with Crippen molar-refractivity contribution in [1.29, 1.82) is 5.26 Å². The van der Waals surface area contributed by atoms with Gasteiger partial charge in [0.05, 0.1) is 24.0 Å². The summed E-state index contributed by atoms with van der Waals surface area (Å²) in [7, 11) is 1.88. The van der Waals surface area contributed by atoms with E-state index in [1.165, 1.54) is 0 Å². The zero-order valence-corrected chi connectivity index (χ0v) is 27.5. The molecular weight excluding hydrogens is 604 g/mol. The van der Waals surface area contributed by atoms with Crippen LogP contribution in [0, 0.1) is 17.2 Å². The summed E-state index contributed by atoms with van der Waals surface area (Å²) in [5, 5.41) is 32.1. The number of aromatic nitrogens is 5. The van der Waals surface area contributed by atoms with Crippen molar-refractivity contribution < 1.29 is 9.90 Å². The summed E-state index contributed by atoms with van der Waals surface area (Å²) in [6, 6.07) is 15.8. The molecule has 248 valence electrons. The van der Waals surface area contributed by atoms with E-state index in [1.807, 2.05) is 62.6 Å². The molecule has 2 atom stereocenters. The average molecular weight is 647 g/mol. The van der Waals surface area contributed by atoms with E-state index in [2.05, 4.69) is 31.7 Å². The third-order valence-corrected chi connectivity index (χ3v) is 10.3. The molecule has 1 aromatic carbocycles. The van der Waals surface area contributed by atoms with Crippen LogP contribution < -0.4 is 20.4 Å². The lowest BCUT2D eigenvalue weighted by Gasteiger charge is -2.36. The number of amides is 2. The third-order valence-electron chi connectivity index (χ3n) is 10.3. The molecule has 0 spiro atoms. The fraction of sp³-hybridized carbons (Fsp3) is 0.444. The molecule has 3 fully saturated rings. The number of carbonyl (C=O) groups is 1. The van der Waals surface area contributed by atoms with E-state index < -0.39 is 5.60 Å². The van der Waals surface area contributed by atoms with E-state index in [9.17, 15) is 15.2 Å². The zero-order chi connectivity index (χ0) is 33.3. The molecule has 1 aliphatic heterocycles. The quantitative estimate of drug-likeness (QED) is 0.228. The van der Waals surface area contributed by atoms with Crippen LogP contribution in [0.25, 0.3) is 11.1 Å². The minimum absolute atomic E-state index is 0.0430. The van der Waals surface area contributed by atoms with E-state index >= 15 is 0 Å². The van der Waals surface area contributed by atoms with Gasteiger partial charge in [-0.3, -0.25) is 9.58 Å². The summed E-state index contributed by atoms with van der Waals surface area (Å²) in [6.45, 7) is 3.11. The molecule has 12 heteroatoms. The molecule has 2 amide bonds. The van der Waals surface area contributed by atoms with Crippen molar-refractivity contribution in [2.24, 2.45) is 13.0 Å². The Morgan fingerprint density at radius 2 is 1.83 bits per heavy atom. The molecule has 3 aliphatic rings. The molecular formula is C36H42N10O2. The summed E-state index contributed by atoms with van der Waals surface area (Å²) >= 11 is 0. The van der Waals surface area contributed by atoms with Gasteiger partial charge >= 0.3 is 6.03 Å². The topological polar surface area (TPSA) is 148 Å². The van der Waals surface area contributed by atoms with Crippen LogP contribution in [0.3, 0.4) is 0 Å². The number of urea groups is 1. The molecule has 4 heterocycles. The smallest absolute Gasteiger partial charge is 0.323 e. The van der Waals surface area contributed by atoms with Crippen LogP contribution in [-0.2, 0) is 13.6 Å². The number of anilines is 3. The van der Waals surface area contributed by atoms with Crippen molar-refractivity contribution in [2.75, 3.05) is 21.7 Å². The number of aliphatic hydroxyl groups is 1. The Balaban J connectivity index is 1.04. The lowest BCUT2D eigenvalue weighted by molar-refractivity contribution is 0.0142. The molecule has 1 saturated heterocycles. The number of nitriles is 1. The van der Waals surface area contributed by atoms with E-state index in [0.717, 1.165) is 55.2 Å². The third kappa shape index (κ3) is 6.42. The van der Waals surface area contributed by atoms with Gasteiger partial charge in [0.15, 0.2) is 5.82 Å². The molecule has 3 aromatic heterocycles. The van der Waals surface area contributed by atoms with Gasteiger partial charge in [0.2, 0.25) is 5.95 Å². The van der Waals surface area contributed by atoms with E-state index in [4.69, 9.17) is 9.97 Å². The molecule has 48 heavy (non-hydrogen) atoms. The second-order valence-electron chi connectivity index (χ2n) is 13.4. The van der Waals surface area contributed by atoms with Crippen LogP contribution in [0.4, 0.5) is 22.4 Å². The van der Waals surface area contributed by atoms with Crippen molar-refractivity contribution >= 4 is 23.6 Å². The lowest BCUT2D eigenvalue weighted by Crippen LogP contribution is -2.49. The minimum atomic E-state index is -0.739. The van der Waals surface area contributed by atoms with Gasteiger partial charge in [0, 0.05) is 55.7 Å². The Bertz CT molecular complexity index is 1780. The van der Waals surface area contributed by atoms with Gasteiger partial charge in [-0.05, 0) is 75.5 Å². The predicted molar refractivity (Wildman–Crippen MR) is 183 cm³/mol. The Kier molecular flexibility index (Phi) is 8.71. The first-order valence-electron chi connectivity index (χ1n) is 16.9. The number of rotatable bonds is 9. The number of hydrogen-bond acceptors (Lipinski definition) is 9. The first-order chi connectivity index (χ1) is 23.3. The normalized spacial score (nSPS) is 23.8. The molecule has 2 saturated carbocycles. The Hall–Kier alpha value is -5.02. The van der Waals surface area contributed by atoms with Crippen LogP contribution in [0.15, 0.2) is 67.3 Å². The molecule has 12 nitrogen and oxygen atoms in total. The average Bonchev–Trinajstić information content (AvgIpc) is 3.82. The van der Waals surface area contributed by atoms with Gasteiger partial charge in [-0.1, -0.05) is 30.3 Å². The second-order valence-corrected chi connectivity index (χ2v) is 13.4. The molecule has 4 aromatic rings. The Morgan fingerprint density at radius 3 is 2.50 bits per heavy atom. The van der Waals surface area contributed by atoms with Gasteiger partial charge in [-0.15, -0.1) is 0 Å². The second kappa shape index (κ2) is 13.2. The molecule has 7 rings (SSSR count). The van der Waals surface area contributed by atoms with Crippen molar-refractivity contribution in [3.63, 3.8) is 0 Å². The number of nitrogens with one attached hydrogen (secondary N) is 2. The van der Waals surface area contributed by atoms with Crippen molar-refractivity contribution in [2.45, 2.75) is 82.1 Å². The van der Waals surface area contributed by atoms with Gasteiger partial charge in [0.25, 0.3) is 0 Å². The maximum Gasteiger partial charge on any atom is 0.323 e. The summed E-state index contributed by atoms with van der Waals surface area (Å²) < 4.78 is 1.75. The fourth-order valence-electron chi connectivity index (χ4n) is 7.38. The van der Waals surface area contributed by atoms with Crippen molar-refractivity contribution in [3.05, 3.63) is 78.4 Å². The monoisotopic (exact) mass is 646 g/mol. The highest BCUT2D eigenvalue weighted by molar-refractivity contribution is 5.91. The standard InChI is InChI=1S/C36H42N10O2/c1-24-36(48,29-9-10-29)16-17-45(24)33-27(18-37)21-39-34(43-33)42-30-11-13-31(14-12-30)46(35(47)40-19-25-6-4-3-5-7-25)32-15-8-26(20-38-32)28-22-41-44(2)23-28/h3-8,15,20-24,29-31,48H,9-14,16-17,19H2,1-2H3,(H,40,47)(H,39,42,43)/t24-,30?,31?,36-/m0/s1. The largest absolute Gasteiger partial charge is 0.387 e. The number of benzene rings is 1. The van der Waals surface area contributed by atoms with Gasteiger partial charge < -0.3 is 20.6 Å².